The molecule has 1 heterocycles. The van der Waals surface area contributed by atoms with Crippen molar-refractivity contribution in [2.24, 2.45) is 0 Å². The molecule has 0 aliphatic heterocycles. The molecule has 17 heavy (non-hydrogen) atoms. The molecule has 0 fully saturated rings. The van der Waals surface area contributed by atoms with Crippen LogP contribution in [0.4, 0.5) is 0 Å². The van der Waals surface area contributed by atoms with Crippen molar-refractivity contribution >= 4 is 5.91 Å². The van der Waals surface area contributed by atoms with Crippen LogP contribution in [0.2, 0.25) is 0 Å². The zero-order valence-electron chi connectivity index (χ0n) is 10.7. The summed E-state index contributed by atoms with van der Waals surface area (Å²) in [5.41, 5.74) is 1.18. The molecule has 1 rings (SSSR count). The first kappa shape index (κ1) is 13.2. The van der Waals surface area contributed by atoms with Crippen LogP contribution in [0.15, 0.2) is 12.1 Å². The van der Waals surface area contributed by atoms with Crippen LogP contribution in [0.3, 0.4) is 0 Å². The van der Waals surface area contributed by atoms with E-state index in [0.717, 1.165) is 6.42 Å². The topological polar surface area (TPSA) is 65.8 Å². The highest BCUT2D eigenvalue weighted by Gasteiger charge is 2.19. The van der Waals surface area contributed by atoms with E-state index in [9.17, 15) is 4.79 Å². The van der Waals surface area contributed by atoms with Crippen LogP contribution >= 0.6 is 0 Å². The van der Waals surface area contributed by atoms with Crippen molar-refractivity contribution < 1.29 is 4.79 Å². The van der Waals surface area contributed by atoms with E-state index in [0.29, 0.717) is 17.0 Å². The highest BCUT2D eigenvalue weighted by atomic mass is 16.2. The molecule has 0 aliphatic carbocycles. The summed E-state index contributed by atoms with van der Waals surface area (Å²) in [6, 6.07) is 5.22. The highest BCUT2D eigenvalue weighted by Crippen LogP contribution is 2.10. The molecule has 0 spiro atoms. The van der Waals surface area contributed by atoms with E-state index < -0.39 is 0 Å². The lowest BCUT2D eigenvalue weighted by Crippen LogP contribution is -2.43. The summed E-state index contributed by atoms with van der Waals surface area (Å²) >= 11 is 0. The number of aryl methyl sites for hydroxylation is 1. The Morgan fingerprint density at radius 2 is 2.18 bits per heavy atom. The van der Waals surface area contributed by atoms with E-state index >= 15 is 0 Å². The van der Waals surface area contributed by atoms with Crippen LogP contribution < -0.4 is 5.32 Å². The molecule has 1 aromatic heterocycles. The molecule has 1 N–H and O–H groups in total. The number of hydrogen-bond donors (Lipinski definition) is 1. The minimum atomic E-state index is -0.249. The Hall–Kier alpha value is -1.89. The van der Waals surface area contributed by atoms with Crippen molar-refractivity contribution in [3.8, 4) is 6.07 Å². The Labute approximate surface area is 102 Å². The van der Waals surface area contributed by atoms with Crippen molar-refractivity contribution in [1.82, 2.24) is 10.3 Å². The minimum absolute atomic E-state index is 0.204. The summed E-state index contributed by atoms with van der Waals surface area (Å²) < 4.78 is 0. The second-order valence-corrected chi connectivity index (χ2v) is 4.63. The molecule has 0 atom stereocenters. The molecule has 0 saturated heterocycles. The van der Waals surface area contributed by atoms with E-state index in [1.165, 1.54) is 0 Å². The average Bonchev–Trinajstić information content (AvgIpc) is 2.28. The van der Waals surface area contributed by atoms with Crippen LogP contribution in [0.1, 0.15) is 48.9 Å². The zero-order valence-corrected chi connectivity index (χ0v) is 10.7. The quantitative estimate of drug-likeness (QED) is 0.867. The first-order chi connectivity index (χ1) is 7.89. The molecule has 0 aromatic carbocycles. The number of nitrogens with one attached hydrogen (secondary N) is 1. The fraction of sp³-hybridized carbons (Fsp3) is 0.462. The summed E-state index contributed by atoms with van der Waals surface area (Å²) in [6.07, 6.45) is 0.841. The Balaban J connectivity index is 2.92. The van der Waals surface area contributed by atoms with Gasteiger partial charge in [0.2, 0.25) is 0 Å². The molecule has 90 valence electrons. The first-order valence-electron chi connectivity index (χ1n) is 5.60. The Bertz CT molecular complexity index is 472. The molecular weight excluding hydrogens is 214 g/mol. The van der Waals surface area contributed by atoms with Gasteiger partial charge in [-0.1, -0.05) is 6.92 Å². The van der Waals surface area contributed by atoms with Gasteiger partial charge in [-0.25, -0.2) is 4.98 Å². The molecule has 1 amide bonds. The van der Waals surface area contributed by atoms with E-state index in [1.807, 2.05) is 26.8 Å². The minimum Gasteiger partial charge on any atom is -0.346 e. The number of hydrogen-bond acceptors (Lipinski definition) is 3. The summed E-state index contributed by atoms with van der Waals surface area (Å²) in [7, 11) is 0. The van der Waals surface area contributed by atoms with Gasteiger partial charge >= 0.3 is 0 Å². The van der Waals surface area contributed by atoms with Gasteiger partial charge in [-0.3, -0.25) is 4.79 Å². The third kappa shape index (κ3) is 3.28. The first-order valence-corrected chi connectivity index (χ1v) is 5.60. The zero-order chi connectivity index (χ0) is 13.1. The normalized spacial score (nSPS) is 10.8. The van der Waals surface area contributed by atoms with Crippen molar-refractivity contribution in [1.29, 1.82) is 5.26 Å². The third-order valence-corrected chi connectivity index (χ3v) is 2.77. The lowest BCUT2D eigenvalue weighted by atomic mass is 10.0. The van der Waals surface area contributed by atoms with Gasteiger partial charge in [0.25, 0.3) is 5.91 Å². The largest absolute Gasteiger partial charge is 0.346 e. The van der Waals surface area contributed by atoms with Gasteiger partial charge in [0, 0.05) is 5.54 Å². The molecule has 0 radical (unpaired) electrons. The second-order valence-electron chi connectivity index (χ2n) is 4.63. The predicted octanol–water partition coefficient (Wildman–Crippen LogP) is 2.18. The molecule has 1 aromatic rings. The van der Waals surface area contributed by atoms with E-state index in [2.05, 4.69) is 10.3 Å². The molecule has 0 saturated carbocycles. The van der Waals surface area contributed by atoms with Crippen molar-refractivity contribution in [3.05, 3.63) is 29.1 Å². The fourth-order valence-corrected chi connectivity index (χ4v) is 1.27. The number of aromatic nitrogens is 1. The number of carbonyl (C=O) groups excluding carboxylic acids is 1. The van der Waals surface area contributed by atoms with Crippen LogP contribution in [-0.4, -0.2) is 16.4 Å². The maximum Gasteiger partial charge on any atom is 0.270 e. The van der Waals surface area contributed by atoms with Crippen LogP contribution in [-0.2, 0) is 0 Å². The Kier molecular flexibility index (Phi) is 3.84. The van der Waals surface area contributed by atoms with Gasteiger partial charge in [-0.15, -0.1) is 0 Å². The monoisotopic (exact) mass is 231 g/mol. The number of nitrogens with zero attached hydrogens (tertiary/aromatic N) is 2. The predicted molar refractivity (Wildman–Crippen MR) is 65.5 cm³/mol. The fourth-order valence-electron chi connectivity index (χ4n) is 1.27. The van der Waals surface area contributed by atoms with Crippen molar-refractivity contribution in [2.75, 3.05) is 0 Å². The van der Waals surface area contributed by atoms with Crippen LogP contribution in [0, 0.1) is 18.3 Å². The summed E-state index contributed by atoms with van der Waals surface area (Å²) in [5, 5.41) is 11.7. The molecular formula is C13H17N3O. The van der Waals surface area contributed by atoms with Gasteiger partial charge in [-0.05, 0) is 39.3 Å². The summed E-state index contributed by atoms with van der Waals surface area (Å²) in [4.78, 5) is 16.0. The van der Waals surface area contributed by atoms with Gasteiger partial charge in [0.15, 0.2) is 0 Å². The number of carbonyl (C=O) groups is 1. The lowest BCUT2D eigenvalue weighted by Gasteiger charge is -2.24. The number of amides is 1. The summed E-state index contributed by atoms with van der Waals surface area (Å²) in [6.45, 7) is 7.65. The molecule has 0 unspecified atom stereocenters. The standard InChI is InChI=1S/C13H17N3O/c1-5-13(3,4)16-12(17)11-7-6-10(8-14)9(2)15-11/h6-7H,5H2,1-4H3,(H,16,17). The number of pyridine rings is 1. The van der Waals surface area contributed by atoms with Crippen LogP contribution in [0.5, 0.6) is 0 Å². The number of rotatable bonds is 3. The molecule has 0 aliphatic rings. The lowest BCUT2D eigenvalue weighted by molar-refractivity contribution is 0.0906. The molecule has 4 nitrogen and oxygen atoms in total. The average molecular weight is 231 g/mol. The van der Waals surface area contributed by atoms with Gasteiger partial charge in [0.1, 0.15) is 11.8 Å². The Morgan fingerprint density at radius 1 is 1.53 bits per heavy atom. The maximum atomic E-state index is 11.9. The Morgan fingerprint density at radius 3 is 2.65 bits per heavy atom. The van der Waals surface area contributed by atoms with Crippen molar-refractivity contribution in [2.45, 2.75) is 39.7 Å². The van der Waals surface area contributed by atoms with E-state index in [-0.39, 0.29) is 11.4 Å². The summed E-state index contributed by atoms with van der Waals surface area (Å²) in [5.74, 6) is -0.204. The second kappa shape index (κ2) is 4.96. The number of nitriles is 1. The smallest absolute Gasteiger partial charge is 0.270 e. The van der Waals surface area contributed by atoms with Crippen molar-refractivity contribution in [3.63, 3.8) is 0 Å². The maximum absolute atomic E-state index is 11.9. The van der Waals surface area contributed by atoms with Gasteiger partial charge < -0.3 is 5.32 Å². The van der Waals surface area contributed by atoms with Gasteiger partial charge in [-0.2, -0.15) is 5.26 Å². The molecule has 4 heteroatoms. The van der Waals surface area contributed by atoms with Crippen LogP contribution in [0.25, 0.3) is 0 Å². The molecule has 0 bridgehead atoms. The van der Waals surface area contributed by atoms with E-state index in [4.69, 9.17) is 5.26 Å². The SMILES string of the molecule is CCC(C)(C)NC(=O)c1ccc(C#N)c(C)n1. The van der Waals surface area contributed by atoms with Gasteiger partial charge in [0.05, 0.1) is 11.3 Å². The highest BCUT2D eigenvalue weighted by molar-refractivity contribution is 5.92. The van der Waals surface area contributed by atoms with E-state index in [1.54, 1.807) is 19.1 Å². The third-order valence-electron chi connectivity index (χ3n) is 2.77.